The van der Waals surface area contributed by atoms with E-state index in [-0.39, 0.29) is 10.5 Å². The van der Waals surface area contributed by atoms with Gasteiger partial charge in [-0.3, -0.25) is 0 Å². The summed E-state index contributed by atoms with van der Waals surface area (Å²) < 4.78 is 26.6. The fourth-order valence-electron chi connectivity index (χ4n) is 1.37. The van der Waals surface area contributed by atoms with Crippen molar-refractivity contribution in [3.63, 3.8) is 0 Å². The minimum atomic E-state index is -2.78. The van der Waals surface area contributed by atoms with Crippen molar-refractivity contribution in [3.8, 4) is 0 Å². The largest absolute Gasteiger partial charge is 0.465 e. The first kappa shape index (κ1) is 11.7. The second-order valence-corrected chi connectivity index (χ2v) is 3.88. The molecule has 82 valence electrons. The Bertz CT molecular complexity index is 441. The van der Waals surface area contributed by atoms with Gasteiger partial charge in [0, 0.05) is 0 Å². The summed E-state index contributed by atoms with van der Waals surface area (Å²) in [6, 6.07) is 4.78. The van der Waals surface area contributed by atoms with Crippen molar-refractivity contribution in [1.82, 2.24) is 0 Å². The second kappa shape index (κ2) is 4.93. The third kappa shape index (κ3) is 2.36. The lowest BCUT2D eigenvalue weighted by Gasteiger charge is -2.06. The molecule has 0 aliphatic heterocycles. The summed E-state index contributed by atoms with van der Waals surface area (Å²) in [4.78, 5) is 11.4. The number of carbonyl (C=O) groups is 1. The molecule has 5 heteroatoms. The molecule has 0 heterocycles. The average molecular weight is 228 g/mol. The molecule has 0 saturated heterocycles. The highest BCUT2D eigenvalue weighted by molar-refractivity contribution is 7.72. The van der Waals surface area contributed by atoms with Crippen LogP contribution in [0.5, 0.6) is 0 Å². The monoisotopic (exact) mass is 228 g/mol. The fraction of sp³-hybridized carbons (Fsp3) is 0.300. The standard InChI is InChI=1S/C10H12O4S/c1-3-7-5-4-6-8(10(11)14-2)9(7)15(12)13/h4-6,15H,3H2,1-2H3. The molecule has 0 unspecified atom stereocenters. The molecule has 4 nitrogen and oxygen atoms in total. The summed E-state index contributed by atoms with van der Waals surface area (Å²) in [6.45, 7) is 1.83. The second-order valence-electron chi connectivity index (χ2n) is 2.92. The maximum atomic E-state index is 11.3. The van der Waals surface area contributed by atoms with E-state index in [1.165, 1.54) is 13.2 Å². The molecule has 0 amide bonds. The molecular weight excluding hydrogens is 216 g/mol. The maximum absolute atomic E-state index is 11.3. The van der Waals surface area contributed by atoms with Gasteiger partial charge in [0.1, 0.15) is 0 Å². The molecule has 1 rings (SSSR count). The van der Waals surface area contributed by atoms with Gasteiger partial charge < -0.3 is 4.74 Å². The number of hydrogen-bond acceptors (Lipinski definition) is 4. The number of esters is 1. The van der Waals surface area contributed by atoms with Crippen LogP contribution >= 0.6 is 0 Å². The summed E-state index contributed by atoms with van der Waals surface area (Å²) in [5, 5.41) is 0. The molecule has 0 aliphatic rings. The van der Waals surface area contributed by atoms with E-state index in [4.69, 9.17) is 0 Å². The van der Waals surface area contributed by atoms with Crippen LogP contribution in [0, 0.1) is 0 Å². The zero-order valence-corrected chi connectivity index (χ0v) is 9.41. The highest BCUT2D eigenvalue weighted by Gasteiger charge is 2.16. The Labute approximate surface area is 89.8 Å². The average Bonchev–Trinajstić information content (AvgIpc) is 2.26. The van der Waals surface area contributed by atoms with Crippen LogP contribution in [0.15, 0.2) is 23.1 Å². The molecule has 0 bridgehead atoms. The van der Waals surface area contributed by atoms with Crippen molar-refractivity contribution in [3.05, 3.63) is 29.3 Å². The number of aryl methyl sites for hydroxylation is 1. The summed E-state index contributed by atoms with van der Waals surface area (Å²) >= 11 is 0. The van der Waals surface area contributed by atoms with E-state index in [1.54, 1.807) is 12.1 Å². The first-order valence-corrected chi connectivity index (χ1v) is 5.64. The Morgan fingerprint density at radius 2 is 2.07 bits per heavy atom. The molecule has 0 fully saturated rings. The van der Waals surface area contributed by atoms with E-state index >= 15 is 0 Å². The predicted molar refractivity (Wildman–Crippen MR) is 55.7 cm³/mol. The van der Waals surface area contributed by atoms with Crippen molar-refractivity contribution in [2.45, 2.75) is 18.2 Å². The van der Waals surface area contributed by atoms with E-state index in [1.807, 2.05) is 6.92 Å². The molecule has 0 atom stereocenters. The van der Waals surface area contributed by atoms with E-state index in [2.05, 4.69) is 4.74 Å². The Morgan fingerprint density at radius 3 is 2.53 bits per heavy atom. The Balaban J connectivity index is 3.45. The molecule has 1 aromatic rings. The quantitative estimate of drug-likeness (QED) is 0.619. The molecule has 15 heavy (non-hydrogen) atoms. The first-order valence-electron chi connectivity index (χ1n) is 4.46. The highest BCUT2D eigenvalue weighted by Crippen LogP contribution is 2.18. The van der Waals surface area contributed by atoms with Crippen LogP contribution in [0.4, 0.5) is 0 Å². The van der Waals surface area contributed by atoms with E-state index in [0.29, 0.717) is 12.0 Å². The first-order chi connectivity index (χ1) is 7.11. The van der Waals surface area contributed by atoms with Crippen molar-refractivity contribution in [2.75, 3.05) is 7.11 Å². The van der Waals surface area contributed by atoms with Crippen LogP contribution in [-0.2, 0) is 21.9 Å². The highest BCUT2D eigenvalue weighted by atomic mass is 32.2. The number of ether oxygens (including phenoxy) is 1. The smallest absolute Gasteiger partial charge is 0.339 e. The minimum absolute atomic E-state index is 0.0712. The van der Waals surface area contributed by atoms with Crippen LogP contribution < -0.4 is 0 Å². The van der Waals surface area contributed by atoms with Gasteiger partial charge in [-0.1, -0.05) is 19.1 Å². The van der Waals surface area contributed by atoms with E-state index < -0.39 is 16.7 Å². The van der Waals surface area contributed by atoms with Gasteiger partial charge in [0.05, 0.1) is 17.6 Å². The maximum Gasteiger partial charge on any atom is 0.339 e. The molecule has 0 aliphatic carbocycles. The van der Waals surface area contributed by atoms with E-state index in [9.17, 15) is 13.2 Å². The van der Waals surface area contributed by atoms with Crippen LogP contribution in [0.2, 0.25) is 0 Å². The lowest BCUT2D eigenvalue weighted by atomic mass is 10.1. The Kier molecular flexibility index (Phi) is 3.85. The number of rotatable bonds is 3. The SMILES string of the molecule is CCc1cccc(C(=O)OC)c1[SH](=O)=O. The number of hydrogen-bond donors (Lipinski definition) is 1. The molecular formula is C10H12O4S. The molecule has 0 aromatic heterocycles. The number of thiol groups is 1. The summed E-state index contributed by atoms with van der Waals surface area (Å²) in [5.74, 6) is -0.625. The normalized spacial score (nSPS) is 10.3. The van der Waals surface area contributed by atoms with Gasteiger partial charge in [-0.05, 0) is 18.1 Å². The van der Waals surface area contributed by atoms with Crippen molar-refractivity contribution in [2.24, 2.45) is 0 Å². The molecule has 0 radical (unpaired) electrons. The van der Waals surface area contributed by atoms with E-state index in [0.717, 1.165) is 0 Å². The van der Waals surface area contributed by atoms with Gasteiger partial charge in [0.2, 0.25) is 0 Å². The molecule has 0 spiro atoms. The topological polar surface area (TPSA) is 60.4 Å². The summed E-state index contributed by atoms with van der Waals surface area (Å²) in [5.41, 5.74) is 0.738. The summed E-state index contributed by atoms with van der Waals surface area (Å²) in [6.07, 6.45) is 0.559. The predicted octanol–water partition coefficient (Wildman–Crippen LogP) is 1.01. The van der Waals surface area contributed by atoms with Gasteiger partial charge >= 0.3 is 5.97 Å². The zero-order valence-electron chi connectivity index (χ0n) is 8.52. The number of methoxy groups -OCH3 is 1. The number of benzene rings is 1. The molecule has 0 N–H and O–H groups in total. The van der Waals surface area contributed by atoms with Crippen LogP contribution in [0.1, 0.15) is 22.8 Å². The Hall–Kier alpha value is -1.36. The van der Waals surface area contributed by atoms with Gasteiger partial charge in [-0.25, -0.2) is 13.2 Å². The third-order valence-corrected chi connectivity index (χ3v) is 2.98. The fourth-order valence-corrected chi connectivity index (χ4v) is 2.20. The zero-order chi connectivity index (χ0) is 11.4. The van der Waals surface area contributed by atoms with Crippen LogP contribution in [-0.4, -0.2) is 21.5 Å². The lowest BCUT2D eigenvalue weighted by Crippen LogP contribution is -2.07. The number of carbonyl (C=O) groups excluding carboxylic acids is 1. The van der Waals surface area contributed by atoms with Crippen molar-refractivity contribution in [1.29, 1.82) is 0 Å². The van der Waals surface area contributed by atoms with Crippen LogP contribution in [0.3, 0.4) is 0 Å². The summed E-state index contributed by atoms with van der Waals surface area (Å²) in [7, 11) is -1.56. The third-order valence-electron chi connectivity index (χ3n) is 2.09. The molecule has 0 saturated carbocycles. The van der Waals surface area contributed by atoms with Gasteiger partial charge in [0.25, 0.3) is 0 Å². The van der Waals surface area contributed by atoms with Gasteiger partial charge in [0.15, 0.2) is 10.7 Å². The minimum Gasteiger partial charge on any atom is -0.465 e. The van der Waals surface area contributed by atoms with Gasteiger partial charge in [-0.2, -0.15) is 0 Å². The van der Waals surface area contributed by atoms with Crippen molar-refractivity contribution >= 4 is 16.7 Å². The van der Waals surface area contributed by atoms with Gasteiger partial charge in [-0.15, -0.1) is 0 Å². The van der Waals surface area contributed by atoms with Crippen LogP contribution in [0.25, 0.3) is 0 Å². The lowest BCUT2D eigenvalue weighted by molar-refractivity contribution is 0.0596. The molecule has 1 aromatic carbocycles. The Morgan fingerprint density at radius 1 is 1.40 bits per heavy atom. The van der Waals surface area contributed by atoms with Crippen molar-refractivity contribution < 1.29 is 17.9 Å².